The summed E-state index contributed by atoms with van der Waals surface area (Å²) < 4.78 is 2.12. The Bertz CT molecular complexity index is 410. The molecule has 2 heterocycles. The van der Waals surface area contributed by atoms with Crippen molar-refractivity contribution in [2.75, 3.05) is 13.1 Å². The van der Waals surface area contributed by atoms with E-state index >= 15 is 0 Å². The highest BCUT2D eigenvalue weighted by Gasteiger charge is 2.29. The monoisotopic (exact) mass is 247 g/mol. The molecule has 2 aliphatic rings. The third-order valence-electron chi connectivity index (χ3n) is 4.90. The topological polar surface area (TPSA) is 29.9 Å². The standard InChI is InChI=1S/C15H25N3/c1-11-14(12-5-3-4-6-12)15(17-18(11)2)13-7-9-16-10-8-13/h12-13,16H,3-10H2,1-2H3. The predicted octanol–water partition coefficient (Wildman–Crippen LogP) is 2.85. The van der Waals surface area contributed by atoms with Gasteiger partial charge in [-0.3, -0.25) is 4.68 Å². The quantitative estimate of drug-likeness (QED) is 0.871. The van der Waals surface area contributed by atoms with Crippen LogP contribution >= 0.6 is 0 Å². The zero-order valence-electron chi connectivity index (χ0n) is 11.7. The molecule has 1 aliphatic heterocycles. The van der Waals surface area contributed by atoms with E-state index in [9.17, 15) is 0 Å². The summed E-state index contributed by atoms with van der Waals surface area (Å²) in [6, 6.07) is 0. The molecule has 0 radical (unpaired) electrons. The summed E-state index contributed by atoms with van der Waals surface area (Å²) >= 11 is 0. The SMILES string of the molecule is Cc1c(C2CCCC2)c(C2CCNCC2)nn1C. The first kappa shape index (κ1) is 12.2. The number of hydrogen-bond donors (Lipinski definition) is 1. The van der Waals surface area contributed by atoms with Crippen LogP contribution in [-0.4, -0.2) is 22.9 Å². The molecule has 1 saturated carbocycles. The maximum atomic E-state index is 4.87. The second-order valence-corrected chi connectivity index (χ2v) is 6.01. The molecule has 1 N–H and O–H groups in total. The molecule has 0 unspecified atom stereocenters. The van der Waals surface area contributed by atoms with Crippen molar-refractivity contribution in [1.82, 2.24) is 15.1 Å². The third-order valence-corrected chi connectivity index (χ3v) is 4.90. The summed E-state index contributed by atoms with van der Waals surface area (Å²) in [5.41, 5.74) is 4.46. The Morgan fingerprint density at radius 3 is 2.39 bits per heavy atom. The van der Waals surface area contributed by atoms with Gasteiger partial charge in [0, 0.05) is 18.7 Å². The number of nitrogens with one attached hydrogen (secondary N) is 1. The molecule has 0 bridgehead atoms. The van der Waals surface area contributed by atoms with Gasteiger partial charge in [-0.05, 0) is 57.2 Å². The summed E-state index contributed by atoms with van der Waals surface area (Å²) in [5.74, 6) is 1.49. The van der Waals surface area contributed by atoms with E-state index in [2.05, 4.69) is 24.0 Å². The highest BCUT2D eigenvalue weighted by molar-refractivity contribution is 5.33. The minimum Gasteiger partial charge on any atom is -0.317 e. The van der Waals surface area contributed by atoms with E-state index in [4.69, 9.17) is 5.10 Å². The molecule has 1 aliphatic carbocycles. The molecule has 100 valence electrons. The molecule has 3 heteroatoms. The second-order valence-electron chi connectivity index (χ2n) is 6.01. The molecule has 3 rings (SSSR count). The van der Waals surface area contributed by atoms with Crippen molar-refractivity contribution in [2.45, 2.75) is 57.3 Å². The van der Waals surface area contributed by atoms with E-state index in [0.717, 1.165) is 19.0 Å². The van der Waals surface area contributed by atoms with Crippen LogP contribution in [-0.2, 0) is 7.05 Å². The molecule has 0 atom stereocenters. The minimum absolute atomic E-state index is 0.696. The van der Waals surface area contributed by atoms with Gasteiger partial charge in [0.15, 0.2) is 0 Å². The van der Waals surface area contributed by atoms with E-state index in [1.807, 2.05) is 0 Å². The maximum absolute atomic E-state index is 4.87. The minimum atomic E-state index is 0.696. The first-order valence-electron chi connectivity index (χ1n) is 7.51. The van der Waals surface area contributed by atoms with E-state index in [1.54, 1.807) is 5.56 Å². The lowest BCUT2D eigenvalue weighted by molar-refractivity contribution is 0.446. The fourth-order valence-corrected chi connectivity index (χ4v) is 3.77. The van der Waals surface area contributed by atoms with E-state index in [1.165, 1.54) is 49.9 Å². The van der Waals surface area contributed by atoms with Gasteiger partial charge in [-0.15, -0.1) is 0 Å². The molecule has 1 aromatic rings. The molecule has 0 aromatic carbocycles. The number of nitrogens with zero attached hydrogens (tertiary/aromatic N) is 2. The summed E-state index contributed by atoms with van der Waals surface area (Å²) in [4.78, 5) is 0. The number of rotatable bonds is 2. The highest BCUT2D eigenvalue weighted by atomic mass is 15.3. The van der Waals surface area contributed by atoms with Crippen molar-refractivity contribution in [2.24, 2.45) is 7.05 Å². The highest BCUT2D eigenvalue weighted by Crippen LogP contribution is 2.40. The van der Waals surface area contributed by atoms with Crippen LogP contribution in [0.2, 0.25) is 0 Å². The first-order valence-corrected chi connectivity index (χ1v) is 7.51. The van der Waals surface area contributed by atoms with Gasteiger partial charge in [-0.2, -0.15) is 5.10 Å². The molecule has 0 spiro atoms. The molecule has 1 aromatic heterocycles. The first-order chi connectivity index (χ1) is 8.77. The predicted molar refractivity (Wildman–Crippen MR) is 74.0 cm³/mol. The van der Waals surface area contributed by atoms with Crippen LogP contribution in [0, 0.1) is 6.92 Å². The Morgan fingerprint density at radius 2 is 1.72 bits per heavy atom. The van der Waals surface area contributed by atoms with Crippen molar-refractivity contribution < 1.29 is 0 Å². The van der Waals surface area contributed by atoms with Gasteiger partial charge in [0.2, 0.25) is 0 Å². The molecule has 0 amide bonds. The number of aryl methyl sites for hydroxylation is 1. The van der Waals surface area contributed by atoms with Crippen molar-refractivity contribution in [1.29, 1.82) is 0 Å². The molecular weight excluding hydrogens is 222 g/mol. The van der Waals surface area contributed by atoms with Gasteiger partial charge in [0.25, 0.3) is 0 Å². The lowest BCUT2D eigenvalue weighted by atomic mass is 9.86. The van der Waals surface area contributed by atoms with Crippen molar-refractivity contribution in [3.8, 4) is 0 Å². The van der Waals surface area contributed by atoms with Crippen LogP contribution in [0.1, 0.15) is 67.3 Å². The molecule has 3 nitrogen and oxygen atoms in total. The number of hydrogen-bond acceptors (Lipinski definition) is 2. The van der Waals surface area contributed by atoms with Crippen LogP contribution in [0.25, 0.3) is 0 Å². The summed E-state index contributed by atoms with van der Waals surface area (Å²) in [5, 5.41) is 8.33. The van der Waals surface area contributed by atoms with Gasteiger partial charge in [0.1, 0.15) is 0 Å². The lowest BCUT2D eigenvalue weighted by Crippen LogP contribution is -2.27. The molecule has 2 fully saturated rings. The van der Waals surface area contributed by atoms with Crippen LogP contribution in [0.4, 0.5) is 0 Å². The fraction of sp³-hybridized carbons (Fsp3) is 0.800. The average molecular weight is 247 g/mol. The van der Waals surface area contributed by atoms with E-state index in [0.29, 0.717) is 5.92 Å². The summed E-state index contributed by atoms with van der Waals surface area (Å²) in [7, 11) is 2.11. The molecular formula is C15H25N3. The smallest absolute Gasteiger partial charge is 0.0693 e. The van der Waals surface area contributed by atoms with Crippen molar-refractivity contribution in [3.05, 3.63) is 17.0 Å². The van der Waals surface area contributed by atoms with Crippen LogP contribution in [0.3, 0.4) is 0 Å². The normalized spacial score (nSPS) is 22.8. The molecule has 18 heavy (non-hydrogen) atoms. The van der Waals surface area contributed by atoms with Gasteiger partial charge in [-0.25, -0.2) is 0 Å². The van der Waals surface area contributed by atoms with Gasteiger partial charge in [-0.1, -0.05) is 12.8 Å². The average Bonchev–Trinajstić information content (AvgIpc) is 3.00. The summed E-state index contributed by atoms with van der Waals surface area (Å²) in [6.07, 6.45) is 8.09. The second kappa shape index (κ2) is 5.04. The van der Waals surface area contributed by atoms with Gasteiger partial charge < -0.3 is 5.32 Å². The van der Waals surface area contributed by atoms with Crippen LogP contribution in [0.5, 0.6) is 0 Å². The largest absolute Gasteiger partial charge is 0.317 e. The maximum Gasteiger partial charge on any atom is 0.0693 e. The van der Waals surface area contributed by atoms with E-state index in [-0.39, 0.29) is 0 Å². The number of aromatic nitrogens is 2. The zero-order valence-corrected chi connectivity index (χ0v) is 11.7. The Morgan fingerprint density at radius 1 is 1.06 bits per heavy atom. The van der Waals surface area contributed by atoms with Crippen molar-refractivity contribution >= 4 is 0 Å². The zero-order chi connectivity index (χ0) is 12.5. The third kappa shape index (κ3) is 2.09. The van der Waals surface area contributed by atoms with Crippen molar-refractivity contribution in [3.63, 3.8) is 0 Å². The Labute approximate surface area is 110 Å². The van der Waals surface area contributed by atoms with Crippen LogP contribution < -0.4 is 5.32 Å². The lowest BCUT2D eigenvalue weighted by Gasteiger charge is -2.23. The van der Waals surface area contributed by atoms with Crippen LogP contribution in [0.15, 0.2) is 0 Å². The Kier molecular flexibility index (Phi) is 3.42. The van der Waals surface area contributed by atoms with E-state index < -0.39 is 0 Å². The number of piperidine rings is 1. The Hall–Kier alpha value is -0.830. The Balaban J connectivity index is 1.94. The molecule has 1 saturated heterocycles. The fourth-order valence-electron chi connectivity index (χ4n) is 3.77. The summed E-state index contributed by atoms with van der Waals surface area (Å²) in [6.45, 7) is 4.57. The van der Waals surface area contributed by atoms with Gasteiger partial charge >= 0.3 is 0 Å². The van der Waals surface area contributed by atoms with Gasteiger partial charge in [0.05, 0.1) is 5.69 Å².